The Morgan fingerprint density at radius 2 is 2.06 bits per heavy atom. The lowest BCUT2D eigenvalue weighted by molar-refractivity contribution is 0.408. The Morgan fingerprint density at radius 1 is 1.39 bits per heavy atom. The van der Waals surface area contributed by atoms with Gasteiger partial charge < -0.3 is 0 Å². The Kier molecular flexibility index (Phi) is 3.35. The molecular formula is C11H14ClN3O2S. The predicted molar refractivity (Wildman–Crippen MR) is 70.3 cm³/mol. The molecule has 0 aliphatic rings. The average molecular weight is 288 g/mol. The van der Waals surface area contributed by atoms with Crippen molar-refractivity contribution in [3.05, 3.63) is 29.5 Å². The molecule has 18 heavy (non-hydrogen) atoms. The lowest BCUT2D eigenvalue weighted by Gasteiger charge is -2.20. The highest BCUT2D eigenvalue weighted by Crippen LogP contribution is 2.25. The first-order valence-corrected chi connectivity index (χ1v) is 7.28. The first-order valence-electron chi connectivity index (χ1n) is 5.46. The average Bonchev–Trinajstić information content (AvgIpc) is 2.64. The van der Waals surface area contributed by atoms with E-state index < -0.39 is 10.0 Å². The van der Waals surface area contributed by atoms with Crippen LogP contribution < -0.4 is 0 Å². The number of aromatic nitrogens is 2. The van der Waals surface area contributed by atoms with Gasteiger partial charge in [-0.05, 0) is 26.0 Å². The molecule has 2 heterocycles. The number of pyridine rings is 1. The van der Waals surface area contributed by atoms with Gasteiger partial charge in [-0.1, -0.05) is 17.7 Å². The van der Waals surface area contributed by atoms with Crippen LogP contribution in [-0.2, 0) is 10.0 Å². The smallest absolute Gasteiger partial charge is 0.262 e. The largest absolute Gasteiger partial charge is 0.288 e. The summed E-state index contributed by atoms with van der Waals surface area (Å²) in [4.78, 5) is 4.04. The maximum atomic E-state index is 12.5. The van der Waals surface area contributed by atoms with E-state index in [2.05, 4.69) is 4.98 Å². The van der Waals surface area contributed by atoms with E-state index in [0.29, 0.717) is 5.65 Å². The summed E-state index contributed by atoms with van der Waals surface area (Å²) in [6, 6.07) is 5.07. The van der Waals surface area contributed by atoms with Gasteiger partial charge in [-0.15, -0.1) is 0 Å². The molecular weight excluding hydrogens is 274 g/mol. The number of hydrogen-bond donors (Lipinski definition) is 0. The third kappa shape index (κ3) is 2.00. The molecule has 0 aliphatic heterocycles. The van der Waals surface area contributed by atoms with Crippen LogP contribution in [0.1, 0.15) is 13.8 Å². The number of halogens is 1. The van der Waals surface area contributed by atoms with E-state index in [-0.39, 0.29) is 16.2 Å². The van der Waals surface area contributed by atoms with Crippen molar-refractivity contribution in [3.8, 4) is 0 Å². The highest BCUT2D eigenvalue weighted by molar-refractivity contribution is 7.89. The number of imidazole rings is 1. The predicted octanol–water partition coefficient (Wildman–Crippen LogP) is 2.02. The van der Waals surface area contributed by atoms with E-state index >= 15 is 0 Å². The summed E-state index contributed by atoms with van der Waals surface area (Å²) >= 11 is 5.96. The van der Waals surface area contributed by atoms with Crippen LogP contribution in [0.15, 0.2) is 29.4 Å². The van der Waals surface area contributed by atoms with Gasteiger partial charge in [0, 0.05) is 19.3 Å². The van der Waals surface area contributed by atoms with Crippen LogP contribution in [0.5, 0.6) is 0 Å². The van der Waals surface area contributed by atoms with E-state index in [1.807, 2.05) is 0 Å². The second-order valence-corrected chi connectivity index (χ2v) is 6.52. The molecule has 2 rings (SSSR count). The molecule has 0 saturated heterocycles. The van der Waals surface area contributed by atoms with Gasteiger partial charge in [0.25, 0.3) is 10.0 Å². The molecule has 0 N–H and O–H groups in total. The maximum Gasteiger partial charge on any atom is 0.262 e. The number of hydrogen-bond acceptors (Lipinski definition) is 3. The molecule has 98 valence electrons. The summed E-state index contributed by atoms with van der Waals surface area (Å²) in [6.07, 6.45) is 1.63. The van der Waals surface area contributed by atoms with Crippen molar-refractivity contribution >= 4 is 27.3 Å². The van der Waals surface area contributed by atoms with Gasteiger partial charge in [0.05, 0.1) is 0 Å². The maximum absolute atomic E-state index is 12.5. The molecule has 2 aromatic rings. The van der Waals surface area contributed by atoms with Gasteiger partial charge in [0.2, 0.25) is 0 Å². The summed E-state index contributed by atoms with van der Waals surface area (Å²) < 4.78 is 27.7. The molecule has 0 saturated carbocycles. The molecule has 0 radical (unpaired) electrons. The zero-order valence-electron chi connectivity index (χ0n) is 10.3. The van der Waals surface area contributed by atoms with Crippen LogP contribution >= 0.6 is 11.6 Å². The lowest BCUT2D eigenvalue weighted by atomic mass is 10.4. The number of nitrogens with zero attached hydrogens (tertiary/aromatic N) is 3. The van der Waals surface area contributed by atoms with Crippen molar-refractivity contribution in [2.24, 2.45) is 0 Å². The van der Waals surface area contributed by atoms with Gasteiger partial charge in [0.15, 0.2) is 10.2 Å². The van der Waals surface area contributed by atoms with Gasteiger partial charge in [-0.2, -0.15) is 4.31 Å². The minimum absolute atomic E-state index is 0.00583. The fraction of sp³-hybridized carbons (Fsp3) is 0.364. The topological polar surface area (TPSA) is 54.7 Å². The summed E-state index contributed by atoms with van der Waals surface area (Å²) in [5.74, 6) is 0. The normalized spacial score (nSPS) is 12.8. The third-order valence-electron chi connectivity index (χ3n) is 2.80. The molecule has 0 aromatic carbocycles. The van der Waals surface area contributed by atoms with Gasteiger partial charge in [-0.25, -0.2) is 13.4 Å². The van der Waals surface area contributed by atoms with Crippen LogP contribution in [0.4, 0.5) is 0 Å². The van der Waals surface area contributed by atoms with Crippen LogP contribution in [-0.4, -0.2) is 35.2 Å². The Bertz CT molecular complexity index is 679. The first-order chi connectivity index (χ1) is 8.35. The van der Waals surface area contributed by atoms with E-state index in [1.54, 1.807) is 38.2 Å². The monoisotopic (exact) mass is 287 g/mol. The highest BCUT2D eigenvalue weighted by atomic mass is 35.5. The minimum Gasteiger partial charge on any atom is -0.288 e. The molecule has 0 atom stereocenters. The molecule has 2 aromatic heterocycles. The van der Waals surface area contributed by atoms with Gasteiger partial charge in [0.1, 0.15) is 5.65 Å². The van der Waals surface area contributed by atoms with Crippen molar-refractivity contribution in [1.82, 2.24) is 13.7 Å². The third-order valence-corrected chi connectivity index (χ3v) is 5.23. The van der Waals surface area contributed by atoms with Crippen LogP contribution in [0.25, 0.3) is 5.65 Å². The molecule has 5 nitrogen and oxygen atoms in total. The molecule has 0 fully saturated rings. The van der Waals surface area contributed by atoms with Gasteiger partial charge in [-0.3, -0.25) is 4.40 Å². The Morgan fingerprint density at radius 3 is 2.67 bits per heavy atom. The molecule has 0 spiro atoms. The number of rotatable bonds is 3. The van der Waals surface area contributed by atoms with Crippen molar-refractivity contribution < 1.29 is 8.42 Å². The van der Waals surface area contributed by atoms with Crippen molar-refractivity contribution in [2.45, 2.75) is 24.9 Å². The standard InChI is InChI=1S/C11H14ClN3O2S/c1-8(2)14(3)18(16,17)11-10(12)13-9-6-4-5-7-15(9)11/h4-8H,1-3H3. The van der Waals surface area contributed by atoms with Crippen molar-refractivity contribution in [1.29, 1.82) is 0 Å². The molecule has 0 amide bonds. The fourth-order valence-electron chi connectivity index (χ4n) is 1.59. The Hall–Kier alpha value is -1.11. The van der Waals surface area contributed by atoms with Crippen LogP contribution in [0.2, 0.25) is 5.15 Å². The second kappa shape index (κ2) is 4.53. The molecule has 0 bridgehead atoms. The SMILES string of the molecule is CC(C)N(C)S(=O)(=O)c1c(Cl)nc2ccccn12. The van der Waals surface area contributed by atoms with E-state index in [4.69, 9.17) is 11.6 Å². The summed E-state index contributed by atoms with van der Waals surface area (Å²) in [7, 11) is -2.12. The fourth-order valence-corrected chi connectivity index (χ4v) is 3.55. The molecule has 0 unspecified atom stereocenters. The van der Waals surface area contributed by atoms with E-state index in [0.717, 1.165) is 0 Å². The van der Waals surface area contributed by atoms with Crippen LogP contribution in [0.3, 0.4) is 0 Å². The summed E-state index contributed by atoms with van der Waals surface area (Å²) in [6.45, 7) is 3.60. The quantitative estimate of drug-likeness (QED) is 0.868. The number of fused-ring (bicyclic) bond motifs is 1. The highest BCUT2D eigenvalue weighted by Gasteiger charge is 2.29. The van der Waals surface area contributed by atoms with Gasteiger partial charge >= 0.3 is 0 Å². The Labute approximate surface area is 111 Å². The van der Waals surface area contributed by atoms with E-state index in [1.165, 1.54) is 15.8 Å². The minimum atomic E-state index is -3.65. The zero-order valence-corrected chi connectivity index (χ0v) is 11.9. The van der Waals surface area contributed by atoms with Crippen LogP contribution in [0, 0.1) is 0 Å². The molecule has 7 heteroatoms. The number of sulfonamides is 1. The first kappa shape index (κ1) is 13.3. The summed E-state index contributed by atoms with van der Waals surface area (Å²) in [5.41, 5.74) is 0.512. The second-order valence-electron chi connectivity index (χ2n) is 4.25. The van der Waals surface area contributed by atoms with Crippen molar-refractivity contribution in [3.63, 3.8) is 0 Å². The van der Waals surface area contributed by atoms with Crippen molar-refractivity contribution in [2.75, 3.05) is 7.05 Å². The zero-order chi connectivity index (χ0) is 13.5. The van der Waals surface area contributed by atoms with E-state index in [9.17, 15) is 8.42 Å². The molecule has 0 aliphatic carbocycles. The Balaban J connectivity index is 2.71. The summed E-state index contributed by atoms with van der Waals surface area (Å²) in [5, 5.41) is 0.00432. The lowest BCUT2D eigenvalue weighted by Crippen LogP contribution is -2.33.